The number of imide groups is 1. The summed E-state index contributed by atoms with van der Waals surface area (Å²) in [5, 5.41) is 5.67. The Hall–Kier alpha value is -2.37. The van der Waals surface area contributed by atoms with Crippen LogP contribution >= 0.6 is 0 Å². The van der Waals surface area contributed by atoms with Crippen molar-refractivity contribution in [2.75, 3.05) is 11.9 Å². The molecule has 1 aliphatic rings. The lowest BCUT2D eigenvalue weighted by molar-refractivity contribution is -0.133. The number of hydrogen-bond donors (Lipinski definition) is 2. The van der Waals surface area contributed by atoms with Gasteiger partial charge < -0.3 is 10.6 Å². The third-order valence-corrected chi connectivity index (χ3v) is 5.13. The lowest BCUT2D eigenvalue weighted by atomic mass is 9.92. The first-order valence-corrected chi connectivity index (χ1v) is 9.76. The van der Waals surface area contributed by atoms with E-state index in [-0.39, 0.29) is 18.4 Å². The SMILES string of the molecule is CCc1cccc(CC)c1NC(=O)CN1C(=O)N[C@@](C)(CCC(C)C)C1=O. The zero-order valence-corrected chi connectivity index (χ0v) is 17.0. The topological polar surface area (TPSA) is 78.5 Å². The summed E-state index contributed by atoms with van der Waals surface area (Å²) in [6.45, 7) is 9.67. The molecule has 2 N–H and O–H groups in total. The Labute approximate surface area is 161 Å². The van der Waals surface area contributed by atoms with Crippen molar-refractivity contribution in [1.82, 2.24) is 10.2 Å². The Kier molecular flexibility index (Phi) is 6.63. The molecule has 0 aliphatic carbocycles. The molecule has 0 unspecified atom stereocenters. The molecule has 1 fully saturated rings. The maximum atomic E-state index is 12.7. The van der Waals surface area contributed by atoms with Crippen LogP contribution in [0.15, 0.2) is 18.2 Å². The minimum atomic E-state index is -0.933. The minimum Gasteiger partial charge on any atom is -0.324 e. The maximum absolute atomic E-state index is 12.7. The van der Waals surface area contributed by atoms with Crippen LogP contribution in [0.3, 0.4) is 0 Å². The van der Waals surface area contributed by atoms with Gasteiger partial charge in [-0.15, -0.1) is 0 Å². The number of rotatable bonds is 8. The van der Waals surface area contributed by atoms with Gasteiger partial charge in [0.2, 0.25) is 5.91 Å². The number of para-hydroxylation sites is 1. The molecule has 0 bridgehead atoms. The summed E-state index contributed by atoms with van der Waals surface area (Å²) in [5.74, 6) is -0.258. The van der Waals surface area contributed by atoms with Gasteiger partial charge in [0.1, 0.15) is 12.1 Å². The molecule has 6 nitrogen and oxygen atoms in total. The normalized spacial score (nSPS) is 19.6. The summed E-state index contributed by atoms with van der Waals surface area (Å²) >= 11 is 0. The maximum Gasteiger partial charge on any atom is 0.325 e. The van der Waals surface area contributed by atoms with Gasteiger partial charge in [0, 0.05) is 5.69 Å². The number of benzene rings is 1. The average Bonchev–Trinajstić information content (AvgIpc) is 2.83. The number of carbonyl (C=O) groups is 3. The fourth-order valence-electron chi connectivity index (χ4n) is 3.36. The van der Waals surface area contributed by atoms with Crippen molar-refractivity contribution in [2.45, 2.75) is 65.8 Å². The summed E-state index contributed by atoms with van der Waals surface area (Å²) < 4.78 is 0. The van der Waals surface area contributed by atoms with Crippen LogP contribution in [0.25, 0.3) is 0 Å². The second-order valence-electron chi connectivity index (χ2n) is 7.79. The molecular weight excluding hydrogens is 342 g/mol. The molecule has 1 aromatic rings. The zero-order chi connectivity index (χ0) is 20.2. The van der Waals surface area contributed by atoms with Gasteiger partial charge >= 0.3 is 6.03 Å². The molecule has 0 spiro atoms. The third kappa shape index (κ3) is 4.67. The molecule has 2 rings (SSSR count). The molecule has 4 amide bonds. The average molecular weight is 373 g/mol. The van der Waals surface area contributed by atoms with Crippen molar-refractivity contribution in [3.63, 3.8) is 0 Å². The predicted molar refractivity (Wildman–Crippen MR) is 107 cm³/mol. The van der Waals surface area contributed by atoms with E-state index in [0.29, 0.717) is 12.3 Å². The highest BCUT2D eigenvalue weighted by atomic mass is 16.2. The first kappa shape index (κ1) is 20.9. The predicted octanol–water partition coefficient (Wildman–Crippen LogP) is 3.50. The van der Waals surface area contributed by atoms with Gasteiger partial charge in [-0.25, -0.2) is 4.79 Å². The van der Waals surface area contributed by atoms with Crippen molar-refractivity contribution >= 4 is 23.5 Å². The van der Waals surface area contributed by atoms with Crippen LogP contribution in [0.4, 0.5) is 10.5 Å². The zero-order valence-electron chi connectivity index (χ0n) is 17.0. The van der Waals surface area contributed by atoms with E-state index < -0.39 is 11.6 Å². The molecule has 1 atom stereocenters. The van der Waals surface area contributed by atoms with Crippen LogP contribution in [-0.4, -0.2) is 34.8 Å². The van der Waals surface area contributed by atoms with E-state index >= 15 is 0 Å². The summed E-state index contributed by atoms with van der Waals surface area (Å²) in [7, 11) is 0. The van der Waals surface area contributed by atoms with Gasteiger partial charge in [-0.2, -0.15) is 0 Å². The number of carbonyl (C=O) groups excluding carboxylic acids is 3. The summed E-state index contributed by atoms with van der Waals surface area (Å²) in [6.07, 6.45) is 2.97. The van der Waals surface area contributed by atoms with E-state index in [0.717, 1.165) is 41.0 Å². The first-order chi connectivity index (χ1) is 12.7. The number of nitrogens with zero attached hydrogens (tertiary/aromatic N) is 1. The third-order valence-electron chi connectivity index (χ3n) is 5.13. The van der Waals surface area contributed by atoms with Crippen LogP contribution in [0.2, 0.25) is 0 Å². The molecule has 0 aromatic heterocycles. The first-order valence-electron chi connectivity index (χ1n) is 9.76. The Bertz CT molecular complexity index is 707. The van der Waals surface area contributed by atoms with E-state index in [4.69, 9.17) is 0 Å². The number of urea groups is 1. The van der Waals surface area contributed by atoms with Crippen molar-refractivity contribution in [2.24, 2.45) is 5.92 Å². The van der Waals surface area contributed by atoms with Gasteiger partial charge in [0.25, 0.3) is 5.91 Å². The fraction of sp³-hybridized carbons (Fsp3) is 0.571. The lowest BCUT2D eigenvalue weighted by Crippen LogP contribution is -2.44. The lowest BCUT2D eigenvalue weighted by Gasteiger charge is -2.22. The monoisotopic (exact) mass is 373 g/mol. The van der Waals surface area contributed by atoms with Gasteiger partial charge in [0.05, 0.1) is 0 Å². The van der Waals surface area contributed by atoms with Crippen molar-refractivity contribution in [1.29, 1.82) is 0 Å². The Balaban J connectivity index is 2.10. The van der Waals surface area contributed by atoms with E-state index in [1.807, 2.05) is 32.0 Å². The molecule has 1 aliphatic heterocycles. The summed E-state index contributed by atoms with van der Waals surface area (Å²) in [4.78, 5) is 38.7. The molecule has 1 saturated heterocycles. The quantitative estimate of drug-likeness (QED) is 0.685. The Morgan fingerprint density at radius 2 is 1.78 bits per heavy atom. The van der Waals surface area contributed by atoms with Crippen molar-refractivity contribution in [3.05, 3.63) is 29.3 Å². The van der Waals surface area contributed by atoms with Crippen molar-refractivity contribution < 1.29 is 14.4 Å². The van der Waals surface area contributed by atoms with Crippen LogP contribution < -0.4 is 10.6 Å². The molecular formula is C21H31N3O3. The summed E-state index contributed by atoms with van der Waals surface area (Å²) in [6, 6.07) is 5.43. The number of nitrogens with one attached hydrogen (secondary N) is 2. The second kappa shape index (κ2) is 8.55. The van der Waals surface area contributed by atoms with Crippen LogP contribution in [0.1, 0.15) is 58.6 Å². The molecule has 0 radical (unpaired) electrons. The van der Waals surface area contributed by atoms with E-state index in [1.54, 1.807) is 6.92 Å². The highest BCUT2D eigenvalue weighted by Crippen LogP contribution is 2.26. The largest absolute Gasteiger partial charge is 0.325 e. The Morgan fingerprint density at radius 3 is 2.30 bits per heavy atom. The van der Waals surface area contributed by atoms with Gasteiger partial charge in [-0.1, -0.05) is 45.9 Å². The van der Waals surface area contributed by atoms with Gasteiger partial charge in [0.15, 0.2) is 0 Å². The number of anilines is 1. The standard InChI is InChI=1S/C21H31N3O3/c1-6-15-9-8-10-16(7-2)18(15)22-17(25)13-24-19(26)21(5,23-20(24)27)12-11-14(3)4/h8-10,14H,6-7,11-13H2,1-5H3,(H,22,25)(H,23,27)/t21-/m0/s1. The minimum absolute atomic E-state index is 0.275. The van der Waals surface area contributed by atoms with Crippen LogP contribution in [0, 0.1) is 5.92 Å². The van der Waals surface area contributed by atoms with E-state index in [2.05, 4.69) is 24.5 Å². The molecule has 1 heterocycles. The highest BCUT2D eigenvalue weighted by molar-refractivity contribution is 6.10. The van der Waals surface area contributed by atoms with Crippen molar-refractivity contribution in [3.8, 4) is 0 Å². The van der Waals surface area contributed by atoms with E-state index in [9.17, 15) is 14.4 Å². The molecule has 0 saturated carbocycles. The number of hydrogen-bond acceptors (Lipinski definition) is 3. The highest BCUT2D eigenvalue weighted by Gasteiger charge is 2.47. The van der Waals surface area contributed by atoms with Gasteiger partial charge in [-0.3, -0.25) is 14.5 Å². The number of amides is 4. The van der Waals surface area contributed by atoms with Crippen LogP contribution in [-0.2, 0) is 22.4 Å². The molecule has 27 heavy (non-hydrogen) atoms. The van der Waals surface area contributed by atoms with Gasteiger partial charge in [-0.05, 0) is 49.7 Å². The number of aryl methyl sites for hydroxylation is 2. The Morgan fingerprint density at radius 1 is 1.19 bits per heavy atom. The summed E-state index contributed by atoms with van der Waals surface area (Å²) in [5.41, 5.74) is 1.95. The molecule has 1 aromatic carbocycles. The molecule has 6 heteroatoms. The smallest absolute Gasteiger partial charge is 0.324 e. The van der Waals surface area contributed by atoms with E-state index in [1.165, 1.54) is 0 Å². The van der Waals surface area contributed by atoms with Crippen LogP contribution in [0.5, 0.6) is 0 Å². The molecule has 148 valence electrons. The fourth-order valence-corrected chi connectivity index (χ4v) is 3.36. The second-order valence-corrected chi connectivity index (χ2v) is 7.79.